The molecule has 134 valence electrons. The molecule has 2 aromatic carbocycles. The number of hydrogen-bond acceptors (Lipinski definition) is 2. The van der Waals surface area contributed by atoms with Gasteiger partial charge in [0.25, 0.3) is 0 Å². The van der Waals surface area contributed by atoms with Crippen LogP contribution in [0.5, 0.6) is 0 Å². The average molecular weight is 345 g/mol. The van der Waals surface area contributed by atoms with Gasteiger partial charge < -0.3 is 4.90 Å². The van der Waals surface area contributed by atoms with Gasteiger partial charge in [-0.05, 0) is 74.9 Å². The van der Waals surface area contributed by atoms with Crippen molar-refractivity contribution < 1.29 is 0 Å². The van der Waals surface area contributed by atoms with Gasteiger partial charge in [0.1, 0.15) is 0 Å². The van der Waals surface area contributed by atoms with E-state index in [4.69, 9.17) is 0 Å². The second-order valence-corrected chi connectivity index (χ2v) is 8.24. The van der Waals surface area contributed by atoms with Crippen molar-refractivity contribution in [3.05, 3.63) is 65.2 Å². The van der Waals surface area contributed by atoms with Crippen LogP contribution >= 0.6 is 0 Å². The summed E-state index contributed by atoms with van der Waals surface area (Å²) < 4.78 is 0. The predicted molar refractivity (Wildman–Crippen MR) is 111 cm³/mol. The van der Waals surface area contributed by atoms with Crippen molar-refractivity contribution in [3.8, 4) is 6.07 Å². The van der Waals surface area contributed by atoms with E-state index in [0.29, 0.717) is 17.5 Å². The molecule has 1 aliphatic heterocycles. The highest BCUT2D eigenvalue weighted by atomic mass is 15.2. The van der Waals surface area contributed by atoms with Crippen molar-refractivity contribution >= 4 is 17.3 Å². The van der Waals surface area contributed by atoms with Crippen molar-refractivity contribution in [2.24, 2.45) is 0 Å². The van der Waals surface area contributed by atoms with Gasteiger partial charge in [0.2, 0.25) is 0 Å². The third kappa shape index (κ3) is 3.40. The van der Waals surface area contributed by atoms with Crippen molar-refractivity contribution in [3.63, 3.8) is 0 Å². The van der Waals surface area contributed by atoms with E-state index in [-0.39, 0.29) is 5.54 Å². The molecule has 0 unspecified atom stereocenters. The number of anilines is 1. The molecule has 1 heterocycles. The number of benzene rings is 2. The first-order valence-electron chi connectivity index (χ1n) is 9.44. The Labute approximate surface area is 157 Å². The number of allylic oxidation sites excluding steroid dienone is 1. The smallest absolute Gasteiger partial charge is 0.0998 e. The van der Waals surface area contributed by atoms with E-state index in [1.54, 1.807) is 0 Å². The molecule has 2 heteroatoms. The van der Waals surface area contributed by atoms with Gasteiger partial charge in [-0.15, -0.1) is 0 Å². The number of nitriles is 1. The lowest BCUT2D eigenvalue weighted by Crippen LogP contribution is -2.51. The van der Waals surface area contributed by atoms with Gasteiger partial charge in [0.05, 0.1) is 11.6 Å². The Hall–Kier alpha value is -2.53. The number of nitrogens with zero attached hydrogens (tertiary/aromatic N) is 2. The minimum Gasteiger partial charge on any atom is -0.364 e. The Bertz CT molecular complexity index is 854. The standard InChI is InChI=1S/C24H28N2/c1-17(2)26-23-12-11-19(14-22(23)18(3)15-24(26,4)5)13-21(16-25)20-9-7-6-8-10-20/h6-14,17-18H,15H2,1-5H3/b21-13+/t18-/m0/s1. The Morgan fingerprint density at radius 1 is 1.19 bits per heavy atom. The van der Waals surface area contributed by atoms with Crippen LogP contribution < -0.4 is 4.90 Å². The summed E-state index contributed by atoms with van der Waals surface area (Å²) in [5.74, 6) is 0.505. The molecular formula is C24H28N2. The van der Waals surface area contributed by atoms with Gasteiger partial charge in [0.15, 0.2) is 0 Å². The molecule has 0 radical (unpaired) electrons. The summed E-state index contributed by atoms with van der Waals surface area (Å²) in [5.41, 5.74) is 5.64. The van der Waals surface area contributed by atoms with Crippen LogP contribution in [0.25, 0.3) is 11.6 Å². The van der Waals surface area contributed by atoms with Crippen molar-refractivity contribution in [1.29, 1.82) is 5.26 Å². The third-order valence-corrected chi connectivity index (χ3v) is 5.33. The molecule has 0 spiro atoms. The first-order valence-corrected chi connectivity index (χ1v) is 9.44. The van der Waals surface area contributed by atoms with E-state index in [9.17, 15) is 5.26 Å². The van der Waals surface area contributed by atoms with Crippen LogP contribution in [-0.4, -0.2) is 11.6 Å². The zero-order valence-corrected chi connectivity index (χ0v) is 16.5. The molecule has 2 aromatic rings. The molecule has 0 bridgehead atoms. The highest BCUT2D eigenvalue weighted by molar-refractivity contribution is 5.90. The minimum absolute atomic E-state index is 0.153. The fourth-order valence-corrected chi connectivity index (χ4v) is 4.50. The highest BCUT2D eigenvalue weighted by Gasteiger charge is 2.37. The topological polar surface area (TPSA) is 27.0 Å². The van der Waals surface area contributed by atoms with Crippen LogP contribution in [-0.2, 0) is 0 Å². The van der Waals surface area contributed by atoms with Crippen LogP contribution in [0.4, 0.5) is 5.69 Å². The van der Waals surface area contributed by atoms with Gasteiger partial charge >= 0.3 is 0 Å². The summed E-state index contributed by atoms with van der Waals surface area (Å²) in [6.45, 7) is 11.5. The molecule has 26 heavy (non-hydrogen) atoms. The monoisotopic (exact) mass is 344 g/mol. The molecule has 0 aliphatic carbocycles. The van der Waals surface area contributed by atoms with E-state index in [1.165, 1.54) is 11.3 Å². The van der Waals surface area contributed by atoms with E-state index >= 15 is 0 Å². The molecule has 1 atom stereocenters. The maximum atomic E-state index is 9.59. The van der Waals surface area contributed by atoms with Crippen LogP contribution in [0.3, 0.4) is 0 Å². The largest absolute Gasteiger partial charge is 0.364 e. The maximum Gasteiger partial charge on any atom is 0.0998 e. The fraction of sp³-hybridized carbons (Fsp3) is 0.375. The van der Waals surface area contributed by atoms with Crippen molar-refractivity contribution in [2.75, 3.05) is 4.90 Å². The Kier molecular flexibility index (Phi) is 4.92. The lowest BCUT2D eigenvalue weighted by atomic mass is 9.78. The van der Waals surface area contributed by atoms with Gasteiger partial charge in [-0.3, -0.25) is 0 Å². The molecule has 0 saturated heterocycles. The molecule has 0 saturated carbocycles. The van der Waals surface area contributed by atoms with Crippen LogP contribution in [0.15, 0.2) is 48.5 Å². The number of rotatable bonds is 3. The van der Waals surface area contributed by atoms with E-state index in [0.717, 1.165) is 17.5 Å². The Morgan fingerprint density at radius 3 is 2.50 bits per heavy atom. The fourth-order valence-electron chi connectivity index (χ4n) is 4.50. The number of fused-ring (bicyclic) bond motifs is 1. The summed E-state index contributed by atoms with van der Waals surface area (Å²) in [7, 11) is 0. The van der Waals surface area contributed by atoms with Crippen molar-refractivity contribution in [2.45, 2.75) is 58.5 Å². The molecule has 2 nitrogen and oxygen atoms in total. The molecule has 0 N–H and O–H groups in total. The molecule has 0 fully saturated rings. The summed E-state index contributed by atoms with van der Waals surface area (Å²) in [6.07, 6.45) is 3.14. The lowest BCUT2D eigenvalue weighted by molar-refractivity contribution is 0.356. The zero-order valence-electron chi connectivity index (χ0n) is 16.5. The van der Waals surface area contributed by atoms with Crippen LogP contribution in [0, 0.1) is 11.3 Å². The lowest BCUT2D eigenvalue weighted by Gasteiger charge is -2.50. The summed E-state index contributed by atoms with van der Waals surface area (Å²) in [5, 5.41) is 9.59. The van der Waals surface area contributed by atoms with Gasteiger partial charge in [0, 0.05) is 17.3 Å². The quantitative estimate of drug-likeness (QED) is 0.486. The predicted octanol–water partition coefficient (Wildman–Crippen LogP) is 6.25. The highest BCUT2D eigenvalue weighted by Crippen LogP contribution is 2.44. The summed E-state index contributed by atoms with van der Waals surface area (Å²) >= 11 is 0. The van der Waals surface area contributed by atoms with Crippen LogP contribution in [0.1, 0.15) is 63.6 Å². The zero-order chi connectivity index (χ0) is 18.9. The molecule has 0 aromatic heterocycles. The Morgan fingerprint density at radius 2 is 1.88 bits per heavy atom. The van der Waals surface area contributed by atoms with Gasteiger partial charge in [-0.1, -0.05) is 43.3 Å². The van der Waals surface area contributed by atoms with Gasteiger partial charge in [-0.25, -0.2) is 0 Å². The molecular weight excluding hydrogens is 316 g/mol. The number of hydrogen-bond donors (Lipinski definition) is 0. The van der Waals surface area contributed by atoms with E-state index in [2.05, 4.69) is 63.8 Å². The van der Waals surface area contributed by atoms with Crippen molar-refractivity contribution in [1.82, 2.24) is 0 Å². The summed E-state index contributed by atoms with van der Waals surface area (Å²) in [4.78, 5) is 2.54. The molecule has 0 amide bonds. The Balaban J connectivity index is 2.05. The first kappa shape index (κ1) is 18.3. The first-order chi connectivity index (χ1) is 12.3. The SMILES string of the molecule is CC(C)N1c2ccc(/C=C(\C#N)c3ccccc3)cc2[C@@H](C)CC1(C)C. The van der Waals surface area contributed by atoms with E-state index < -0.39 is 0 Å². The average Bonchev–Trinajstić information content (AvgIpc) is 2.59. The third-order valence-electron chi connectivity index (χ3n) is 5.33. The maximum absolute atomic E-state index is 9.59. The van der Waals surface area contributed by atoms with E-state index in [1.807, 2.05) is 36.4 Å². The summed E-state index contributed by atoms with van der Waals surface area (Å²) in [6, 6.07) is 19.3. The second-order valence-electron chi connectivity index (χ2n) is 8.24. The van der Waals surface area contributed by atoms with Crippen LogP contribution in [0.2, 0.25) is 0 Å². The second kappa shape index (κ2) is 7.00. The normalized spacial score (nSPS) is 19.2. The minimum atomic E-state index is 0.153. The molecule has 1 aliphatic rings. The van der Waals surface area contributed by atoms with Gasteiger partial charge in [-0.2, -0.15) is 5.26 Å². The molecule has 3 rings (SSSR count).